The first-order chi connectivity index (χ1) is 12.0. The Morgan fingerprint density at radius 3 is 2.80 bits per heavy atom. The van der Waals surface area contributed by atoms with Crippen LogP contribution < -0.4 is 10.6 Å². The molecule has 2 N–H and O–H groups in total. The highest BCUT2D eigenvalue weighted by Gasteiger charge is 2.28. The van der Waals surface area contributed by atoms with E-state index in [0.29, 0.717) is 17.1 Å². The van der Waals surface area contributed by atoms with E-state index in [1.54, 1.807) is 24.3 Å². The van der Waals surface area contributed by atoms with Crippen molar-refractivity contribution in [1.82, 2.24) is 10.6 Å². The Bertz CT molecular complexity index is 769. The highest BCUT2D eigenvalue weighted by molar-refractivity contribution is 6.30. The SMILES string of the molecule is O=C(Cc1cccc(Cl)c1)NC1CNCCC1c1ccc(F)c(F)c1. The monoisotopic (exact) mass is 364 g/mol. The van der Waals surface area contributed by atoms with E-state index in [9.17, 15) is 13.6 Å². The van der Waals surface area contributed by atoms with E-state index in [1.807, 2.05) is 6.07 Å². The lowest BCUT2D eigenvalue weighted by molar-refractivity contribution is -0.121. The number of carbonyl (C=O) groups is 1. The van der Waals surface area contributed by atoms with Crippen LogP contribution in [0.5, 0.6) is 0 Å². The van der Waals surface area contributed by atoms with Gasteiger partial charge in [-0.25, -0.2) is 8.78 Å². The van der Waals surface area contributed by atoms with Crippen molar-refractivity contribution in [2.75, 3.05) is 13.1 Å². The quantitative estimate of drug-likeness (QED) is 0.872. The first-order valence-corrected chi connectivity index (χ1v) is 8.60. The van der Waals surface area contributed by atoms with Gasteiger partial charge in [0.05, 0.1) is 6.42 Å². The summed E-state index contributed by atoms with van der Waals surface area (Å²) in [6.45, 7) is 1.36. The fourth-order valence-electron chi connectivity index (χ4n) is 3.24. The average molecular weight is 365 g/mol. The maximum atomic E-state index is 13.6. The molecule has 1 aliphatic heterocycles. The van der Waals surface area contributed by atoms with Crippen molar-refractivity contribution in [1.29, 1.82) is 0 Å². The maximum Gasteiger partial charge on any atom is 0.224 e. The smallest absolute Gasteiger partial charge is 0.224 e. The van der Waals surface area contributed by atoms with E-state index in [4.69, 9.17) is 11.6 Å². The normalized spacial score (nSPS) is 20.3. The van der Waals surface area contributed by atoms with Crippen LogP contribution in [0.25, 0.3) is 0 Å². The third-order valence-corrected chi connectivity index (χ3v) is 4.69. The summed E-state index contributed by atoms with van der Waals surface area (Å²) in [5.41, 5.74) is 1.53. The minimum absolute atomic E-state index is 0.0559. The number of benzene rings is 2. The van der Waals surface area contributed by atoms with E-state index in [-0.39, 0.29) is 24.3 Å². The van der Waals surface area contributed by atoms with Gasteiger partial charge in [-0.05, 0) is 48.4 Å². The molecular formula is C19H19ClF2N2O. The predicted octanol–water partition coefficient (Wildman–Crippen LogP) is 3.42. The number of carbonyl (C=O) groups excluding carboxylic acids is 1. The van der Waals surface area contributed by atoms with Crippen molar-refractivity contribution >= 4 is 17.5 Å². The van der Waals surface area contributed by atoms with Crippen LogP contribution in [0.2, 0.25) is 5.02 Å². The number of halogens is 3. The Hall–Kier alpha value is -1.98. The molecule has 1 fully saturated rings. The third-order valence-electron chi connectivity index (χ3n) is 4.45. The van der Waals surface area contributed by atoms with Crippen molar-refractivity contribution in [2.24, 2.45) is 0 Å². The summed E-state index contributed by atoms with van der Waals surface area (Å²) in [7, 11) is 0. The number of rotatable bonds is 4. The van der Waals surface area contributed by atoms with Crippen LogP contribution in [0.15, 0.2) is 42.5 Å². The van der Waals surface area contributed by atoms with Crippen LogP contribution >= 0.6 is 11.6 Å². The molecule has 132 valence electrons. The second kappa shape index (κ2) is 7.93. The molecule has 25 heavy (non-hydrogen) atoms. The van der Waals surface area contributed by atoms with Crippen LogP contribution in [0.1, 0.15) is 23.5 Å². The van der Waals surface area contributed by atoms with Crippen LogP contribution in [0.3, 0.4) is 0 Å². The lowest BCUT2D eigenvalue weighted by atomic mass is 9.86. The van der Waals surface area contributed by atoms with E-state index >= 15 is 0 Å². The lowest BCUT2D eigenvalue weighted by Gasteiger charge is -2.33. The van der Waals surface area contributed by atoms with Crippen LogP contribution in [-0.4, -0.2) is 25.0 Å². The van der Waals surface area contributed by atoms with Gasteiger partial charge in [-0.1, -0.05) is 29.8 Å². The van der Waals surface area contributed by atoms with Crippen molar-refractivity contribution in [3.05, 3.63) is 70.2 Å². The van der Waals surface area contributed by atoms with Gasteiger partial charge >= 0.3 is 0 Å². The number of amides is 1. The van der Waals surface area contributed by atoms with Gasteiger partial charge in [-0.3, -0.25) is 4.79 Å². The zero-order chi connectivity index (χ0) is 17.8. The minimum Gasteiger partial charge on any atom is -0.351 e. The predicted molar refractivity (Wildman–Crippen MR) is 93.7 cm³/mol. The molecule has 3 rings (SSSR count). The van der Waals surface area contributed by atoms with Gasteiger partial charge in [0, 0.05) is 23.5 Å². The van der Waals surface area contributed by atoms with Gasteiger partial charge in [0.2, 0.25) is 5.91 Å². The first kappa shape index (κ1) is 17.8. The molecule has 0 aromatic heterocycles. The maximum absolute atomic E-state index is 13.6. The largest absolute Gasteiger partial charge is 0.351 e. The Balaban J connectivity index is 1.70. The summed E-state index contributed by atoms with van der Waals surface area (Å²) in [5.74, 6) is -1.90. The molecule has 1 saturated heterocycles. The Morgan fingerprint density at radius 2 is 2.04 bits per heavy atom. The van der Waals surface area contributed by atoms with Gasteiger partial charge in [-0.15, -0.1) is 0 Å². The van der Waals surface area contributed by atoms with Gasteiger partial charge in [0.1, 0.15) is 0 Å². The fraction of sp³-hybridized carbons (Fsp3) is 0.316. The van der Waals surface area contributed by atoms with Crippen LogP contribution in [-0.2, 0) is 11.2 Å². The molecule has 0 radical (unpaired) electrons. The van der Waals surface area contributed by atoms with E-state index in [1.165, 1.54) is 6.07 Å². The molecule has 2 aromatic carbocycles. The molecule has 0 saturated carbocycles. The molecule has 1 heterocycles. The second-order valence-corrected chi connectivity index (χ2v) is 6.69. The molecular weight excluding hydrogens is 346 g/mol. The second-order valence-electron chi connectivity index (χ2n) is 6.25. The number of hydrogen-bond acceptors (Lipinski definition) is 2. The number of piperidine rings is 1. The van der Waals surface area contributed by atoms with Gasteiger partial charge < -0.3 is 10.6 Å². The third kappa shape index (κ3) is 4.55. The zero-order valence-electron chi connectivity index (χ0n) is 13.6. The topological polar surface area (TPSA) is 41.1 Å². The van der Waals surface area contributed by atoms with Gasteiger partial charge in [-0.2, -0.15) is 0 Å². The van der Waals surface area contributed by atoms with Crippen molar-refractivity contribution < 1.29 is 13.6 Å². The summed E-state index contributed by atoms with van der Waals surface area (Å²) >= 11 is 5.94. The molecule has 2 unspecified atom stereocenters. The molecule has 6 heteroatoms. The standard InChI is InChI=1S/C19H19ClF2N2O/c20-14-3-1-2-12(8-14)9-19(25)24-18-11-23-7-6-15(18)13-4-5-16(21)17(22)10-13/h1-5,8,10,15,18,23H,6-7,9,11H2,(H,24,25). The van der Waals surface area contributed by atoms with Crippen molar-refractivity contribution in [3.8, 4) is 0 Å². The lowest BCUT2D eigenvalue weighted by Crippen LogP contribution is -2.50. The summed E-state index contributed by atoms with van der Waals surface area (Å²) in [6, 6.07) is 10.9. The minimum atomic E-state index is -0.862. The summed E-state index contributed by atoms with van der Waals surface area (Å²) in [4.78, 5) is 12.4. The molecule has 1 amide bonds. The Labute approximate surface area is 150 Å². The van der Waals surface area contributed by atoms with E-state index in [0.717, 1.165) is 24.6 Å². The molecule has 1 aliphatic rings. The highest BCUT2D eigenvalue weighted by Crippen LogP contribution is 2.27. The molecule has 2 aromatic rings. The van der Waals surface area contributed by atoms with E-state index in [2.05, 4.69) is 10.6 Å². The van der Waals surface area contributed by atoms with Gasteiger partial charge in [0.15, 0.2) is 11.6 Å². The number of hydrogen-bond donors (Lipinski definition) is 2. The molecule has 3 nitrogen and oxygen atoms in total. The Morgan fingerprint density at radius 1 is 1.20 bits per heavy atom. The van der Waals surface area contributed by atoms with Gasteiger partial charge in [0.25, 0.3) is 0 Å². The zero-order valence-corrected chi connectivity index (χ0v) is 14.3. The number of nitrogens with one attached hydrogen (secondary N) is 2. The highest BCUT2D eigenvalue weighted by atomic mass is 35.5. The van der Waals surface area contributed by atoms with Crippen molar-refractivity contribution in [2.45, 2.75) is 24.8 Å². The van der Waals surface area contributed by atoms with Crippen molar-refractivity contribution in [3.63, 3.8) is 0 Å². The molecule has 0 bridgehead atoms. The molecule has 2 atom stereocenters. The molecule has 0 aliphatic carbocycles. The summed E-state index contributed by atoms with van der Waals surface area (Å²) < 4.78 is 26.7. The van der Waals surface area contributed by atoms with Crippen LogP contribution in [0.4, 0.5) is 8.78 Å². The average Bonchev–Trinajstić information content (AvgIpc) is 2.58. The fourth-order valence-corrected chi connectivity index (χ4v) is 3.46. The first-order valence-electron chi connectivity index (χ1n) is 8.22. The molecule has 0 spiro atoms. The van der Waals surface area contributed by atoms with Crippen LogP contribution in [0, 0.1) is 11.6 Å². The Kier molecular flexibility index (Phi) is 5.66. The summed E-state index contributed by atoms with van der Waals surface area (Å²) in [5, 5.41) is 6.83. The van der Waals surface area contributed by atoms with E-state index < -0.39 is 11.6 Å². The summed E-state index contributed by atoms with van der Waals surface area (Å²) in [6.07, 6.45) is 0.967.